The smallest absolute Gasteiger partial charge is 0.306 e. The molecule has 7 nitrogen and oxygen atoms in total. The Morgan fingerprint density at radius 1 is 1.24 bits per heavy atom. The molecule has 0 saturated heterocycles. The minimum atomic E-state index is -0.949. The van der Waals surface area contributed by atoms with Crippen molar-refractivity contribution in [1.29, 1.82) is 5.26 Å². The molecule has 0 aliphatic heterocycles. The highest BCUT2D eigenvalue weighted by Gasteiger charge is 2.20. The number of aryl methyl sites for hydroxylation is 3. The van der Waals surface area contributed by atoms with Gasteiger partial charge in [-0.1, -0.05) is 12.1 Å². The summed E-state index contributed by atoms with van der Waals surface area (Å²) in [6.07, 6.45) is -0.623. The number of carbonyl (C=O) groups excluding carboxylic acids is 2. The van der Waals surface area contributed by atoms with E-state index in [1.165, 1.54) is 6.92 Å². The lowest BCUT2D eigenvalue weighted by Gasteiger charge is -2.16. The Morgan fingerprint density at radius 2 is 1.93 bits per heavy atom. The molecule has 1 heterocycles. The first-order valence-corrected chi connectivity index (χ1v) is 9.34. The number of nitrogens with one attached hydrogen (secondary N) is 2. The fourth-order valence-electron chi connectivity index (χ4n) is 3.06. The predicted octanol–water partition coefficient (Wildman–Crippen LogP) is 2.98. The van der Waals surface area contributed by atoms with Crippen LogP contribution < -0.4 is 10.9 Å². The largest absolute Gasteiger partial charge is 0.453 e. The Labute approximate surface area is 169 Å². The number of carbonyl (C=O) groups is 2. The van der Waals surface area contributed by atoms with Crippen LogP contribution in [0.3, 0.4) is 0 Å². The molecule has 2 aromatic rings. The van der Waals surface area contributed by atoms with Crippen LogP contribution in [0.1, 0.15) is 46.9 Å². The normalized spacial score (nSPS) is 11.4. The summed E-state index contributed by atoms with van der Waals surface area (Å²) in [6, 6.07) is 7.60. The molecule has 0 radical (unpaired) electrons. The van der Waals surface area contributed by atoms with Gasteiger partial charge in [-0.05, 0) is 69.4 Å². The summed E-state index contributed by atoms with van der Waals surface area (Å²) in [5, 5.41) is 11.9. The summed E-state index contributed by atoms with van der Waals surface area (Å²) in [7, 11) is 0. The number of hydrogen-bond donors (Lipinski definition) is 2. The maximum atomic E-state index is 12.4. The van der Waals surface area contributed by atoms with Crippen LogP contribution in [0.2, 0.25) is 0 Å². The number of ether oxygens (including phenoxy) is 1. The number of amides is 1. The van der Waals surface area contributed by atoms with Crippen LogP contribution in [-0.4, -0.2) is 23.0 Å². The first kappa shape index (κ1) is 21.9. The number of rotatable bonds is 6. The lowest BCUT2D eigenvalue weighted by molar-refractivity contribution is -0.153. The lowest BCUT2D eigenvalue weighted by atomic mass is 9.99. The van der Waals surface area contributed by atoms with E-state index >= 15 is 0 Å². The molecular formula is C22H25N3O4. The zero-order valence-electron chi connectivity index (χ0n) is 17.3. The average Bonchev–Trinajstić information content (AvgIpc) is 2.64. The van der Waals surface area contributed by atoms with Gasteiger partial charge in [0.25, 0.3) is 11.5 Å². The topological polar surface area (TPSA) is 112 Å². The molecule has 1 aromatic carbocycles. The number of anilines is 1. The molecule has 1 atom stereocenters. The van der Waals surface area contributed by atoms with Crippen molar-refractivity contribution in [3.8, 4) is 6.07 Å². The van der Waals surface area contributed by atoms with Crippen molar-refractivity contribution in [2.75, 3.05) is 5.32 Å². The highest BCUT2D eigenvalue weighted by molar-refractivity contribution is 5.95. The highest BCUT2D eigenvalue weighted by atomic mass is 16.5. The SMILES string of the molecule is Cc1ccc(C)c(NC(=O)[C@H](C)OC(=O)CCc2c(C)[nH]c(=O)c(C#N)c2C)c1. The van der Waals surface area contributed by atoms with Gasteiger partial charge in [0, 0.05) is 17.8 Å². The third-order valence-corrected chi connectivity index (χ3v) is 4.83. The van der Waals surface area contributed by atoms with Gasteiger partial charge in [0.2, 0.25) is 0 Å². The first-order valence-electron chi connectivity index (χ1n) is 9.34. The number of esters is 1. The standard InChI is InChI=1S/C22H25N3O4/c1-12-6-7-13(2)19(10-12)25-21(27)16(5)29-20(26)9-8-17-14(3)18(11-23)22(28)24-15(17)4/h6-7,10,16H,8-9H2,1-5H3,(H,24,28)(H,25,27)/t16-/m0/s1. The highest BCUT2D eigenvalue weighted by Crippen LogP contribution is 2.18. The maximum absolute atomic E-state index is 12.4. The Bertz CT molecular complexity index is 1050. The molecule has 0 aliphatic carbocycles. The molecule has 2 N–H and O–H groups in total. The zero-order valence-corrected chi connectivity index (χ0v) is 17.3. The van der Waals surface area contributed by atoms with Gasteiger partial charge in [-0.3, -0.25) is 14.4 Å². The summed E-state index contributed by atoms with van der Waals surface area (Å²) in [4.78, 5) is 39.0. The Hall–Kier alpha value is -3.40. The number of aromatic amines is 1. The van der Waals surface area contributed by atoms with Crippen LogP contribution in [0, 0.1) is 39.0 Å². The molecular weight excluding hydrogens is 370 g/mol. The van der Waals surface area contributed by atoms with Gasteiger partial charge in [-0.15, -0.1) is 0 Å². The zero-order chi connectivity index (χ0) is 21.7. The summed E-state index contributed by atoms with van der Waals surface area (Å²) in [6.45, 7) is 8.73. The van der Waals surface area contributed by atoms with E-state index in [2.05, 4.69) is 10.3 Å². The molecule has 0 saturated carbocycles. The molecule has 0 fully saturated rings. The molecule has 29 heavy (non-hydrogen) atoms. The van der Waals surface area contributed by atoms with Gasteiger partial charge in [0.05, 0.1) is 0 Å². The Morgan fingerprint density at radius 3 is 2.59 bits per heavy atom. The van der Waals surface area contributed by atoms with Gasteiger partial charge >= 0.3 is 5.97 Å². The first-order chi connectivity index (χ1) is 13.6. The van der Waals surface area contributed by atoms with E-state index in [4.69, 9.17) is 10.00 Å². The third kappa shape index (κ3) is 5.32. The number of hydrogen-bond acceptors (Lipinski definition) is 5. The average molecular weight is 395 g/mol. The second kappa shape index (κ2) is 9.20. The van der Waals surface area contributed by atoms with Gasteiger partial charge in [0.1, 0.15) is 11.6 Å². The lowest BCUT2D eigenvalue weighted by Crippen LogP contribution is -2.30. The van der Waals surface area contributed by atoms with E-state index in [1.54, 1.807) is 13.8 Å². The maximum Gasteiger partial charge on any atom is 0.306 e. The molecule has 152 valence electrons. The van der Waals surface area contributed by atoms with E-state index in [9.17, 15) is 14.4 Å². The van der Waals surface area contributed by atoms with Crippen LogP contribution >= 0.6 is 0 Å². The fourth-order valence-corrected chi connectivity index (χ4v) is 3.06. The van der Waals surface area contributed by atoms with E-state index < -0.39 is 23.5 Å². The van der Waals surface area contributed by atoms with Crippen molar-refractivity contribution in [1.82, 2.24) is 4.98 Å². The van der Waals surface area contributed by atoms with Crippen LogP contribution in [-0.2, 0) is 20.7 Å². The van der Waals surface area contributed by atoms with Crippen molar-refractivity contribution in [3.05, 3.63) is 62.1 Å². The van der Waals surface area contributed by atoms with Crippen molar-refractivity contribution in [3.63, 3.8) is 0 Å². The van der Waals surface area contributed by atoms with Crippen LogP contribution in [0.15, 0.2) is 23.0 Å². The number of aromatic nitrogens is 1. The second-order valence-electron chi connectivity index (χ2n) is 7.11. The van der Waals surface area contributed by atoms with Crippen LogP contribution in [0.25, 0.3) is 0 Å². The van der Waals surface area contributed by atoms with E-state index in [-0.39, 0.29) is 12.0 Å². The number of nitrogens with zero attached hydrogens (tertiary/aromatic N) is 1. The summed E-state index contributed by atoms with van der Waals surface area (Å²) >= 11 is 0. The molecule has 0 spiro atoms. The van der Waals surface area contributed by atoms with Crippen molar-refractivity contribution >= 4 is 17.6 Å². The molecule has 1 aromatic heterocycles. The fraction of sp³-hybridized carbons (Fsp3) is 0.364. The Balaban J connectivity index is 1.99. The predicted molar refractivity (Wildman–Crippen MR) is 110 cm³/mol. The van der Waals surface area contributed by atoms with Gasteiger partial charge in [-0.2, -0.15) is 5.26 Å². The van der Waals surface area contributed by atoms with E-state index in [0.717, 1.165) is 16.7 Å². The van der Waals surface area contributed by atoms with Gasteiger partial charge < -0.3 is 15.0 Å². The molecule has 0 aliphatic rings. The van der Waals surface area contributed by atoms with E-state index in [0.29, 0.717) is 23.4 Å². The number of pyridine rings is 1. The van der Waals surface area contributed by atoms with Crippen LogP contribution in [0.5, 0.6) is 0 Å². The van der Waals surface area contributed by atoms with Gasteiger partial charge in [0.15, 0.2) is 6.10 Å². The number of H-pyrrole nitrogens is 1. The summed E-state index contributed by atoms with van der Waals surface area (Å²) < 4.78 is 5.25. The van der Waals surface area contributed by atoms with Crippen molar-refractivity contribution in [2.45, 2.75) is 53.6 Å². The molecule has 1 amide bonds. The summed E-state index contributed by atoms with van der Waals surface area (Å²) in [5.41, 5.74) is 4.11. The Kier molecular flexibility index (Phi) is 6.94. The quantitative estimate of drug-likeness (QED) is 0.730. The minimum absolute atomic E-state index is 0.0275. The van der Waals surface area contributed by atoms with E-state index in [1.807, 2.05) is 38.1 Å². The number of nitriles is 1. The molecule has 0 bridgehead atoms. The molecule has 2 rings (SSSR count). The van der Waals surface area contributed by atoms with Crippen molar-refractivity contribution in [2.24, 2.45) is 0 Å². The third-order valence-electron chi connectivity index (χ3n) is 4.83. The monoisotopic (exact) mass is 395 g/mol. The number of benzene rings is 1. The molecule has 0 unspecified atom stereocenters. The van der Waals surface area contributed by atoms with Crippen LogP contribution in [0.4, 0.5) is 5.69 Å². The van der Waals surface area contributed by atoms with Gasteiger partial charge in [-0.25, -0.2) is 0 Å². The second-order valence-corrected chi connectivity index (χ2v) is 7.11. The summed E-state index contributed by atoms with van der Waals surface area (Å²) in [5.74, 6) is -0.938. The molecule has 7 heteroatoms. The van der Waals surface area contributed by atoms with Crippen molar-refractivity contribution < 1.29 is 14.3 Å². The minimum Gasteiger partial charge on any atom is -0.453 e.